The van der Waals surface area contributed by atoms with Gasteiger partial charge in [0.2, 0.25) is 0 Å². The molecule has 0 unspecified atom stereocenters. The predicted octanol–water partition coefficient (Wildman–Crippen LogP) is 2.42. The summed E-state index contributed by atoms with van der Waals surface area (Å²) in [6.07, 6.45) is 4.16. The summed E-state index contributed by atoms with van der Waals surface area (Å²) in [6, 6.07) is 8.46. The molecule has 24 heavy (non-hydrogen) atoms. The molecule has 0 aromatic heterocycles. The van der Waals surface area contributed by atoms with Crippen LogP contribution in [0.4, 0.5) is 0 Å². The standard InChI is InChI=1S/C19H30N2O2S/c1-20-7-10-22-17-4-2-3-16(13-17)14-18-5-6-19(23-18)15-21-8-11-24-12-9-21/h2-4,13,18-20H,5-12,14-15H2,1H3/t18-,19+/m0/s1. The topological polar surface area (TPSA) is 33.7 Å². The summed E-state index contributed by atoms with van der Waals surface area (Å²) in [5, 5.41) is 3.10. The Hall–Kier alpha value is -0.750. The normalized spacial score (nSPS) is 25.0. The van der Waals surface area contributed by atoms with Gasteiger partial charge in [0, 0.05) is 37.7 Å². The fourth-order valence-corrected chi connectivity index (χ4v) is 4.41. The zero-order chi connectivity index (χ0) is 16.6. The Kier molecular flexibility index (Phi) is 7.27. The minimum atomic E-state index is 0.363. The highest BCUT2D eigenvalue weighted by Gasteiger charge is 2.27. The fourth-order valence-electron chi connectivity index (χ4n) is 3.43. The second-order valence-electron chi connectivity index (χ2n) is 6.67. The quantitative estimate of drug-likeness (QED) is 0.728. The summed E-state index contributed by atoms with van der Waals surface area (Å²) >= 11 is 2.07. The number of likely N-dealkylation sites (N-methyl/N-ethyl adjacent to an activating group) is 1. The lowest BCUT2D eigenvalue weighted by atomic mass is 10.1. The molecule has 0 radical (unpaired) electrons. The largest absolute Gasteiger partial charge is 0.492 e. The van der Waals surface area contributed by atoms with Gasteiger partial charge in [-0.15, -0.1) is 0 Å². The van der Waals surface area contributed by atoms with Gasteiger partial charge in [-0.1, -0.05) is 12.1 Å². The van der Waals surface area contributed by atoms with Gasteiger partial charge in [0.25, 0.3) is 0 Å². The van der Waals surface area contributed by atoms with Gasteiger partial charge in [0.1, 0.15) is 12.4 Å². The highest BCUT2D eigenvalue weighted by atomic mass is 32.2. The van der Waals surface area contributed by atoms with Gasteiger partial charge in [-0.3, -0.25) is 4.90 Å². The van der Waals surface area contributed by atoms with E-state index in [1.807, 2.05) is 13.1 Å². The molecule has 0 saturated carbocycles. The lowest BCUT2D eigenvalue weighted by molar-refractivity contribution is 0.0251. The summed E-state index contributed by atoms with van der Waals surface area (Å²) in [5.74, 6) is 3.51. The number of thioether (sulfide) groups is 1. The smallest absolute Gasteiger partial charge is 0.119 e. The Morgan fingerprint density at radius 1 is 1.25 bits per heavy atom. The minimum Gasteiger partial charge on any atom is -0.492 e. The number of nitrogens with one attached hydrogen (secondary N) is 1. The van der Waals surface area contributed by atoms with E-state index in [0.717, 1.165) is 25.3 Å². The third-order valence-electron chi connectivity index (χ3n) is 4.74. The van der Waals surface area contributed by atoms with Crippen molar-refractivity contribution in [1.82, 2.24) is 10.2 Å². The van der Waals surface area contributed by atoms with E-state index in [9.17, 15) is 0 Å². The Labute approximate surface area is 150 Å². The van der Waals surface area contributed by atoms with Crippen LogP contribution < -0.4 is 10.1 Å². The summed E-state index contributed by atoms with van der Waals surface area (Å²) in [4.78, 5) is 2.57. The Balaban J connectivity index is 1.43. The number of rotatable bonds is 8. The van der Waals surface area contributed by atoms with Crippen LogP contribution in [0.25, 0.3) is 0 Å². The highest BCUT2D eigenvalue weighted by Crippen LogP contribution is 2.25. The van der Waals surface area contributed by atoms with Crippen LogP contribution in [-0.4, -0.2) is 68.4 Å². The molecule has 0 spiro atoms. The molecule has 2 saturated heterocycles. The predicted molar refractivity (Wildman–Crippen MR) is 101 cm³/mol. The van der Waals surface area contributed by atoms with Crippen molar-refractivity contribution in [2.24, 2.45) is 0 Å². The van der Waals surface area contributed by atoms with Crippen LogP contribution in [0.5, 0.6) is 5.75 Å². The van der Waals surface area contributed by atoms with Gasteiger partial charge in [-0.25, -0.2) is 0 Å². The van der Waals surface area contributed by atoms with Gasteiger partial charge in [-0.2, -0.15) is 11.8 Å². The molecule has 2 atom stereocenters. The zero-order valence-corrected chi connectivity index (χ0v) is 15.5. The molecule has 2 aliphatic rings. The molecule has 2 fully saturated rings. The van der Waals surface area contributed by atoms with E-state index in [1.54, 1.807) is 0 Å². The molecular weight excluding hydrogens is 320 g/mol. The molecule has 0 aliphatic carbocycles. The molecular formula is C19H30N2O2S. The third-order valence-corrected chi connectivity index (χ3v) is 5.69. The van der Waals surface area contributed by atoms with Crippen molar-refractivity contribution in [2.75, 3.05) is 51.3 Å². The van der Waals surface area contributed by atoms with E-state index in [1.165, 1.54) is 43.0 Å². The van der Waals surface area contributed by atoms with Crippen LogP contribution in [0.1, 0.15) is 18.4 Å². The third kappa shape index (κ3) is 5.66. The van der Waals surface area contributed by atoms with Crippen molar-refractivity contribution in [1.29, 1.82) is 0 Å². The van der Waals surface area contributed by atoms with Crippen LogP contribution in [0, 0.1) is 0 Å². The molecule has 0 amide bonds. The molecule has 3 rings (SSSR count). The van der Waals surface area contributed by atoms with Crippen molar-refractivity contribution in [2.45, 2.75) is 31.5 Å². The second-order valence-corrected chi connectivity index (χ2v) is 7.90. The molecule has 4 nitrogen and oxygen atoms in total. The van der Waals surface area contributed by atoms with Crippen LogP contribution >= 0.6 is 11.8 Å². The first-order valence-electron chi connectivity index (χ1n) is 9.15. The molecule has 1 N–H and O–H groups in total. The van der Waals surface area contributed by atoms with Gasteiger partial charge in [0.15, 0.2) is 0 Å². The number of hydrogen-bond acceptors (Lipinski definition) is 5. The average molecular weight is 351 g/mol. The number of benzene rings is 1. The molecule has 2 heterocycles. The van der Waals surface area contributed by atoms with Gasteiger partial charge in [0.05, 0.1) is 12.2 Å². The molecule has 5 heteroatoms. The SMILES string of the molecule is CNCCOc1cccc(C[C@@H]2CC[C@H](CN3CCSCC3)O2)c1. The number of ether oxygens (including phenoxy) is 2. The van der Waals surface area contributed by atoms with E-state index < -0.39 is 0 Å². The van der Waals surface area contributed by atoms with E-state index in [4.69, 9.17) is 9.47 Å². The lowest BCUT2D eigenvalue weighted by Gasteiger charge is -2.28. The summed E-state index contributed by atoms with van der Waals surface area (Å²) in [6.45, 7) is 5.13. The second kappa shape index (κ2) is 9.66. The van der Waals surface area contributed by atoms with Crippen LogP contribution in [0.2, 0.25) is 0 Å². The Bertz CT molecular complexity index is 494. The van der Waals surface area contributed by atoms with E-state index in [0.29, 0.717) is 18.8 Å². The van der Waals surface area contributed by atoms with Gasteiger partial charge < -0.3 is 14.8 Å². The van der Waals surface area contributed by atoms with Crippen molar-refractivity contribution < 1.29 is 9.47 Å². The van der Waals surface area contributed by atoms with Crippen molar-refractivity contribution in [3.05, 3.63) is 29.8 Å². The monoisotopic (exact) mass is 350 g/mol. The first-order valence-corrected chi connectivity index (χ1v) is 10.3. The molecule has 0 bridgehead atoms. The maximum absolute atomic E-state index is 6.31. The molecule has 2 aliphatic heterocycles. The van der Waals surface area contributed by atoms with Crippen molar-refractivity contribution >= 4 is 11.8 Å². The Morgan fingerprint density at radius 3 is 2.92 bits per heavy atom. The van der Waals surface area contributed by atoms with E-state index >= 15 is 0 Å². The summed E-state index contributed by atoms with van der Waals surface area (Å²) in [7, 11) is 1.94. The number of nitrogens with zero attached hydrogens (tertiary/aromatic N) is 1. The maximum Gasteiger partial charge on any atom is 0.119 e. The van der Waals surface area contributed by atoms with Crippen molar-refractivity contribution in [3.8, 4) is 5.75 Å². The van der Waals surface area contributed by atoms with Gasteiger partial charge >= 0.3 is 0 Å². The van der Waals surface area contributed by atoms with Gasteiger partial charge in [-0.05, 0) is 44.0 Å². The van der Waals surface area contributed by atoms with Crippen LogP contribution in [0.3, 0.4) is 0 Å². The summed E-state index contributed by atoms with van der Waals surface area (Å²) < 4.78 is 12.1. The first-order chi connectivity index (χ1) is 11.8. The molecule has 1 aromatic rings. The summed E-state index contributed by atoms with van der Waals surface area (Å²) in [5.41, 5.74) is 1.32. The average Bonchev–Trinajstić information content (AvgIpc) is 3.03. The number of hydrogen-bond donors (Lipinski definition) is 1. The minimum absolute atomic E-state index is 0.363. The van der Waals surface area contributed by atoms with E-state index in [-0.39, 0.29) is 0 Å². The highest BCUT2D eigenvalue weighted by molar-refractivity contribution is 7.99. The molecule has 134 valence electrons. The maximum atomic E-state index is 6.31. The fraction of sp³-hybridized carbons (Fsp3) is 0.684. The zero-order valence-electron chi connectivity index (χ0n) is 14.7. The molecule has 1 aromatic carbocycles. The van der Waals surface area contributed by atoms with E-state index in [2.05, 4.69) is 40.2 Å². The van der Waals surface area contributed by atoms with Crippen molar-refractivity contribution in [3.63, 3.8) is 0 Å². The lowest BCUT2D eigenvalue weighted by Crippen LogP contribution is -2.38. The van der Waals surface area contributed by atoms with Crippen LogP contribution in [-0.2, 0) is 11.2 Å². The van der Waals surface area contributed by atoms with Crippen LogP contribution in [0.15, 0.2) is 24.3 Å². The first kappa shape index (κ1) is 18.1. The Morgan fingerprint density at radius 2 is 2.08 bits per heavy atom.